The van der Waals surface area contributed by atoms with Crippen LogP contribution in [-0.2, 0) is 4.74 Å². The minimum Gasteiger partial charge on any atom is -0.378 e. The van der Waals surface area contributed by atoms with Crippen molar-refractivity contribution in [2.75, 3.05) is 19.8 Å². The van der Waals surface area contributed by atoms with E-state index in [2.05, 4.69) is 10.3 Å². The van der Waals surface area contributed by atoms with Crippen molar-refractivity contribution in [2.24, 2.45) is 0 Å². The second-order valence-electron chi connectivity index (χ2n) is 4.28. The van der Waals surface area contributed by atoms with Gasteiger partial charge in [0.15, 0.2) is 0 Å². The van der Waals surface area contributed by atoms with Gasteiger partial charge < -0.3 is 10.1 Å². The van der Waals surface area contributed by atoms with Crippen LogP contribution < -0.4 is 5.32 Å². The third-order valence-corrected chi connectivity index (χ3v) is 4.22. The first-order valence-corrected chi connectivity index (χ1v) is 7.22. The number of hydrogen-bond acceptors (Lipinski definition) is 4. The highest BCUT2D eigenvalue weighted by molar-refractivity contribution is 7.10. The van der Waals surface area contributed by atoms with Crippen LogP contribution >= 0.6 is 22.9 Å². The van der Waals surface area contributed by atoms with Gasteiger partial charge in [-0.3, -0.25) is 0 Å². The summed E-state index contributed by atoms with van der Waals surface area (Å²) in [7, 11) is 0. The standard InChI is InChI=1S/C13H12ClFN2OS/c14-10-5-8(15)1-2-9(10)12-7-19-13(17-12)11-6-18-4-3-16-11/h1-2,5,7,11,16H,3-4,6H2. The van der Waals surface area contributed by atoms with E-state index in [0.717, 1.165) is 29.4 Å². The molecule has 100 valence electrons. The van der Waals surface area contributed by atoms with Gasteiger partial charge in [-0.2, -0.15) is 0 Å². The predicted molar refractivity (Wildman–Crippen MR) is 74.1 cm³/mol. The quantitative estimate of drug-likeness (QED) is 0.924. The molecule has 1 aliphatic heterocycles. The Bertz CT molecular complexity index is 584. The number of rotatable bonds is 2. The van der Waals surface area contributed by atoms with Gasteiger partial charge in [0.05, 0.1) is 30.0 Å². The summed E-state index contributed by atoms with van der Waals surface area (Å²) in [6, 6.07) is 4.48. The summed E-state index contributed by atoms with van der Waals surface area (Å²) in [5.41, 5.74) is 1.53. The average Bonchev–Trinajstić information content (AvgIpc) is 2.89. The number of benzene rings is 1. The van der Waals surface area contributed by atoms with E-state index < -0.39 is 0 Å². The van der Waals surface area contributed by atoms with E-state index in [0.29, 0.717) is 11.6 Å². The van der Waals surface area contributed by atoms with Gasteiger partial charge in [0.2, 0.25) is 0 Å². The zero-order valence-electron chi connectivity index (χ0n) is 10.0. The van der Waals surface area contributed by atoms with E-state index in [1.807, 2.05) is 5.38 Å². The second-order valence-corrected chi connectivity index (χ2v) is 5.57. The Morgan fingerprint density at radius 1 is 1.47 bits per heavy atom. The Hall–Kier alpha value is -1.01. The van der Waals surface area contributed by atoms with E-state index in [-0.39, 0.29) is 11.9 Å². The number of ether oxygens (including phenoxy) is 1. The van der Waals surface area contributed by atoms with Crippen molar-refractivity contribution in [2.45, 2.75) is 6.04 Å². The third kappa shape index (κ3) is 2.79. The van der Waals surface area contributed by atoms with Gasteiger partial charge in [-0.15, -0.1) is 11.3 Å². The molecule has 3 rings (SSSR count). The van der Waals surface area contributed by atoms with Crippen LogP contribution in [-0.4, -0.2) is 24.7 Å². The topological polar surface area (TPSA) is 34.1 Å². The molecule has 0 aliphatic carbocycles. The average molecular weight is 299 g/mol. The normalized spacial score (nSPS) is 19.6. The number of halogens is 2. The molecule has 1 atom stereocenters. The number of nitrogens with one attached hydrogen (secondary N) is 1. The van der Waals surface area contributed by atoms with Crippen molar-refractivity contribution >= 4 is 22.9 Å². The van der Waals surface area contributed by atoms with Crippen LogP contribution in [0.15, 0.2) is 23.6 Å². The SMILES string of the molecule is Fc1ccc(-c2csc(C3COCCN3)n2)c(Cl)c1. The molecule has 1 aliphatic rings. The molecule has 1 unspecified atom stereocenters. The molecule has 0 bridgehead atoms. The summed E-state index contributed by atoms with van der Waals surface area (Å²) < 4.78 is 18.4. The molecular formula is C13H12ClFN2OS. The van der Waals surface area contributed by atoms with Crippen molar-refractivity contribution < 1.29 is 9.13 Å². The smallest absolute Gasteiger partial charge is 0.124 e. The fourth-order valence-electron chi connectivity index (χ4n) is 1.99. The van der Waals surface area contributed by atoms with Crippen LogP contribution in [0.3, 0.4) is 0 Å². The van der Waals surface area contributed by atoms with Gasteiger partial charge in [0.25, 0.3) is 0 Å². The lowest BCUT2D eigenvalue weighted by Crippen LogP contribution is -2.34. The van der Waals surface area contributed by atoms with E-state index >= 15 is 0 Å². The van der Waals surface area contributed by atoms with Crippen LogP contribution in [0.4, 0.5) is 4.39 Å². The molecule has 2 aromatic rings. The van der Waals surface area contributed by atoms with Crippen molar-refractivity contribution in [3.8, 4) is 11.3 Å². The Morgan fingerprint density at radius 3 is 3.11 bits per heavy atom. The number of aromatic nitrogens is 1. The van der Waals surface area contributed by atoms with Crippen molar-refractivity contribution in [1.82, 2.24) is 10.3 Å². The number of hydrogen-bond donors (Lipinski definition) is 1. The van der Waals surface area contributed by atoms with Crippen molar-refractivity contribution in [3.05, 3.63) is 39.4 Å². The fraction of sp³-hybridized carbons (Fsp3) is 0.308. The molecule has 3 nitrogen and oxygen atoms in total. The number of morpholine rings is 1. The van der Waals surface area contributed by atoms with Crippen LogP contribution in [0, 0.1) is 5.82 Å². The summed E-state index contributed by atoms with van der Waals surface area (Å²) >= 11 is 7.60. The van der Waals surface area contributed by atoms with E-state index in [9.17, 15) is 4.39 Å². The summed E-state index contributed by atoms with van der Waals surface area (Å²) in [5, 5.41) is 6.64. The van der Waals surface area contributed by atoms with Gasteiger partial charge in [-0.25, -0.2) is 9.37 Å². The first kappa shape index (κ1) is 13.0. The van der Waals surface area contributed by atoms with Gasteiger partial charge in [0.1, 0.15) is 10.8 Å². The number of thiazole rings is 1. The first-order chi connectivity index (χ1) is 9.24. The zero-order valence-corrected chi connectivity index (χ0v) is 11.6. The maximum atomic E-state index is 13.0. The van der Waals surface area contributed by atoms with Gasteiger partial charge >= 0.3 is 0 Å². The molecule has 1 aromatic heterocycles. The summed E-state index contributed by atoms with van der Waals surface area (Å²) in [6.45, 7) is 2.19. The van der Waals surface area contributed by atoms with E-state index in [4.69, 9.17) is 16.3 Å². The van der Waals surface area contributed by atoms with Crippen LogP contribution in [0.25, 0.3) is 11.3 Å². The highest BCUT2D eigenvalue weighted by Gasteiger charge is 2.19. The van der Waals surface area contributed by atoms with Crippen molar-refractivity contribution in [1.29, 1.82) is 0 Å². The summed E-state index contributed by atoms with van der Waals surface area (Å²) in [6.07, 6.45) is 0. The first-order valence-electron chi connectivity index (χ1n) is 5.96. The van der Waals surface area contributed by atoms with Gasteiger partial charge in [-0.05, 0) is 18.2 Å². The summed E-state index contributed by atoms with van der Waals surface area (Å²) in [5.74, 6) is -0.341. The van der Waals surface area contributed by atoms with Gasteiger partial charge in [-0.1, -0.05) is 11.6 Å². The molecule has 0 amide bonds. The van der Waals surface area contributed by atoms with Crippen LogP contribution in [0.5, 0.6) is 0 Å². The molecule has 0 saturated carbocycles. The Labute approximate surface area is 119 Å². The van der Waals surface area contributed by atoms with Crippen LogP contribution in [0.2, 0.25) is 5.02 Å². The van der Waals surface area contributed by atoms with Crippen LogP contribution in [0.1, 0.15) is 11.0 Å². The summed E-state index contributed by atoms with van der Waals surface area (Å²) in [4.78, 5) is 4.56. The predicted octanol–water partition coefficient (Wildman–Crippen LogP) is 3.26. The molecule has 1 fully saturated rings. The largest absolute Gasteiger partial charge is 0.378 e. The lowest BCUT2D eigenvalue weighted by atomic mass is 10.2. The highest BCUT2D eigenvalue weighted by atomic mass is 35.5. The molecule has 1 aromatic carbocycles. The molecule has 1 N–H and O–H groups in total. The Morgan fingerprint density at radius 2 is 2.37 bits per heavy atom. The minimum absolute atomic E-state index is 0.131. The highest BCUT2D eigenvalue weighted by Crippen LogP contribution is 2.31. The molecule has 0 spiro atoms. The Balaban J connectivity index is 1.87. The third-order valence-electron chi connectivity index (χ3n) is 2.95. The Kier molecular flexibility index (Phi) is 3.79. The van der Waals surface area contributed by atoms with Gasteiger partial charge in [0, 0.05) is 17.5 Å². The maximum absolute atomic E-state index is 13.0. The molecule has 1 saturated heterocycles. The molecule has 6 heteroatoms. The molecule has 0 radical (unpaired) electrons. The molecule has 19 heavy (non-hydrogen) atoms. The second kappa shape index (κ2) is 5.54. The monoisotopic (exact) mass is 298 g/mol. The van der Waals surface area contributed by atoms with Crippen molar-refractivity contribution in [3.63, 3.8) is 0 Å². The maximum Gasteiger partial charge on any atom is 0.124 e. The van der Waals surface area contributed by atoms with E-state index in [1.165, 1.54) is 12.1 Å². The fourth-order valence-corrected chi connectivity index (χ4v) is 3.14. The minimum atomic E-state index is -0.341. The lowest BCUT2D eigenvalue weighted by molar-refractivity contribution is 0.0768. The number of nitrogens with zero attached hydrogens (tertiary/aromatic N) is 1. The van der Waals surface area contributed by atoms with E-state index in [1.54, 1.807) is 17.4 Å². The molecular weight excluding hydrogens is 287 g/mol. The zero-order chi connectivity index (χ0) is 13.2. The molecule has 2 heterocycles. The lowest BCUT2D eigenvalue weighted by Gasteiger charge is -2.21.